The molecule has 2 rings (SSSR count). The number of rotatable bonds is 2. The summed E-state index contributed by atoms with van der Waals surface area (Å²) in [6, 6.07) is 5.94. The normalized spacial score (nSPS) is 15.2. The number of thioether (sulfide) groups is 1. The molecule has 0 bridgehead atoms. The van der Waals surface area contributed by atoms with E-state index in [1.165, 1.54) is 0 Å². The van der Waals surface area contributed by atoms with Crippen LogP contribution in [0.15, 0.2) is 59.2 Å². The van der Waals surface area contributed by atoms with Crippen molar-refractivity contribution in [1.29, 1.82) is 0 Å². The van der Waals surface area contributed by atoms with E-state index in [2.05, 4.69) is 18.7 Å². The first-order valence-corrected chi connectivity index (χ1v) is 8.12. The highest BCUT2D eigenvalue weighted by atomic mass is 32.2. The van der Waals surface area contributed by atoms with Crippen molar-refractivity contribution in [1.82, 2.24) is 4.90 Å². The van der Waals surface area contributed by atoms with Crippen molar-refractivity contribution in [3.8, 4) is 0 Å². The summed E-state index contributed by atoms with van der Waals surface area (Å²) in [4.78, 5) is 17.7. The number of nitrogens with zero attached hydrogens (tertiary/aromatic N) is 2. The van der Waals surface area contributed by atoms with Gasteiger partial charge in [0.25, 0.3) is 0 Å². The quantitative estimate of drug-likeness (QED) is 0.778. The number of hydrogen-bond donors (Lipinski definition) is 0. The van der Waals surface area contributed by atoms with Gasteiger partial charge in [0.2, 0.25) is 0 Å². The first kappa shape index (κ1) is 16.4. The number of fused-ring (bicyclic) bond motifs is 1. The third kappa shape index (κ3) is 3.63. The van der Waals surface area contributed by atoms with Gasteiger partial charge in [-0.05, 0) is 30.4 Å². The molecule has 1 aliphatic rings. The molecule has 4 heteroatoms. The highest BCUT2D eigenvalue weighted by Gasteiger charge is 2.16. The molecule has 3 nitrogen and oxygen atoms in total. The number of likely N-dealkylation sites (N-methyl/N-ethyl adjacent to an activating group) is 1. The highest BCUT2D eigenvalue weighted by molar-refractivity contribution is 7.99. The average Bonchev–Trinajstić information content (AvgIpc) is 2.48. The number of benzene rings is 1. The van der Waals surface area contributed by atoms with Crippen LogP contribution in [0.4, 0.5) is 5.69 Å². The predicted octanol–water partition coefficient (Wildman–Crippen LogP) is 3.60. The van der Waals surface area contributed by atoms with Crippen molar-refractivity contribution in [2.75, 3.05) is 38.8 Å². The number of anilines is 1. The van der Waals surface area contributed by atoms with Gasteiger partial charge >= 0.3 is 0 Å². The molecule has 0 saturated heterocycles. The Kier molecular flexibility index (Phi) is 5.14. The lowest BCUT2D eigenvalue weighted by Gasteiger charge is -2.18. The van der Waals surface area contributed by atoms with Gasteiger partial charge in [-0.25, -0.2) is 0 Å². The number of ketones is 1. The zero-order valence-corrected chi connectivity index (χ0v) is 14.4. The smallest absolute Gasteiger partial charge is 0.193 e. The Hall–Kier alpha value is -1.94. The van der Waals surface area contributed by atoms with Gasteiger partial charge < -0.3 is 9.80 Å². The maximum atomic E-state index is 12.6. The van der Waals surface area contributed by atoms with Crippen molar-refractivity contribution >= 4 is 23.2 Å². The second-order valence-corrected chi connectivity index (χ2v) is 6.66. The third-order valence-electron chi connectivity index (χ3n) is 3.52. The fraction of sp³-hybridized carbons (Fsp3) is 0.278. The monoisotopic (exact) mass is 314 g/mol. The van der Waals surface area contributed by atoms with Gasteiger partial charge in [-0.3, -0.25) is 4.79 Å². The summed E-state index contributed by atoms with van der Waals surface area (Å²) in [6.07, 6.45) is 5.91. The lowest BCUT2D eigenvalue weighted by molar-refractivity contribution is 0.103. The molecule has 0 N–H and O–H groups in total. The van der Waals surface area contributed by atoms with E-state index in [1.807, 2.05) is 56.2 Å². The molecule has 1 aliphatic heterocycles. The minimum Gasteiger partial charge on any atom is -0.378 e. The minimum atomic E-state index is -0.0101. The molecule has 116 valence electrons. The molecule has 0 fully saturated rings. The van der Waals surface area contributed by atoms with Crippen LogP contribution in [0.1, 0.15) is 10.4 Å². The summed E-state index contributed by atoms with van der Waals surface area (Å²) in [6.45, 7) is 3.92. The van der Waals surface area contributed by atoms with Gasteiger partial charge in [-0.1, -0.05) is 12.7 Å². The zero-order chi connectivity index (χ0) is 16.3. The molecule has 0 radical (unpaired) electrons. The molecule has 22 heavy (non-hydrogen) atoms. The van der Waals surface area contributed by atoms with Gasteiger partial charge in [0.1, 0.15) is 0 Å². The number of carbonyl (C=O) groups excluding carboxylic acids is 1. The van der Waals surface area contributed by atoms with Crippen LogP contribution in [0.3, 0.4) is 0 Å². The van der Waals surface area contributed by atoms with Crippen LogP contribution < -0.4 is 4.90 Å². The zero-order valence-electron chi connectivity index (χ0n) is 13.6. The molecule has 0 amide bonds. The van der Waals surface area contributed by atoms with Crippen molar-refractivity contribution in [3.63, 3.8) is 0 Å². The molecule has 0 unspecified atom stereocenters. The molecule has 1 aromatic carbocycles. The molecular weight excluding hydrogens is 292 g/mol. The van der Waals surface area contributed by atoms with Crippen LogP contribution in [-0.4, -0.2) is 44.6 Å². The Bertz CT molecular complexity index is 657. The molecule has 0 saturated carbocycles. The number of hydrogen-bond acceptors (Lipinski definition) is 4. The van der Waals surface area contributed by atoms with Crippen LogP contribution in [0, 0.1) is 0 Å². The lowest BCUT2D eigenvalue weighted by Crippen LogP contribution is -2.12. The first-order chi connectivity index (χ1) is 10.4. The van der Waals surface area contributed by atoms with Gasteiger partial charge in [0, 0.05) is 61.4 Å². The van der Waals surface area contributed by atoms with Crippen LogP contribution in [0.5, 0.6) is 0 Å². The van der Waals surface area contributed by atoms with Gasteiger partial charge in [0.15, 0.2) is 5.78 Å². The topological polar surface area (TPSA) is 23.6 Å². The van der Waals surface area contributed by atoms with Crippen molar-refractivity contribution in [2.45, 2.75) is 4.90 Å². The molecular formula is C18H22N2OS. The Labute approximate surface area is 137 Å². The molecule has 0 aromatic heterocycles. The van der Waals surface area contributed by atoms with Crippen molar-refractivity contribution < 1.29 is 4.79 Å². The van der Waals surface area contributed by atoms with Gasteiger partial charge in [-0.15, -0.1) is 11.8 Å². The summed E-state index contributed by atoms with van der Waals surface area (Å²) in [5.41, 5.74) is 3.41. The number of Topliss-reactive ketones (excluding diaryl/α,β-unsaturated/α-hetero) is 1. The summed E-state index contributed by atoms with van der Waals surface area (Å²) < 4.78 is 0. The standard InChI is InChI=1S/C18H22N2OS/c1-13-6-7-14(19(2)3)10-11-22-17-12-15(20(4)5)8-9-16(17)18(13)21/h6-10,12H,1,11H2,2-5H3. The largest absolute Gasteiger partial charge is 0.378 e. The van der Waals surface area contributed by atoms with Crippen LogP contribution in [-0.2, 0) is 0 Å². The van der Waals surface area contributed by atoms with Crippen molar-refractivity contribution in [3.05, 3.63) is 59.8 Å². The second kappa shape index (κ2) is 6.88. The van der Waals surface area contributed by atoms with E-state index in [-0.39, 0.29) is 5.78 Å². The summed E-state index contributed by atoms with van der Waals surface area (Å²) >= 11 is 1.68. The lowest BCUT2D eigenvalue weighted by atomic mass is 10.0. The Morgan fingerprint density at radius 2 is 1.82 bits per heavy atom. The van der Waals surface area contributed by atoms with E-state index >= 15 is 0 Å². The molecule has 0 spiro atoms. The van der Waals surface area contributed by atoms with E-state index in [0.717, 1.165) is 27.6 Å². The number of allylic oxidation sites excluding steroid dienone is 3. The maximum absolute atomic E-state index is 12.6. The maximum Gasteiger partial charge on any atom is 0.193 e. The van der Waals surface area contributed by atoms with Gasteiger partial charge in [-0.2, -0.15) is 0 Å². The van der Waals surface area contributed by atoms with Crippen LogP contribution in [0.2, 0.25) is 0 Å². The van der Waals surface area contributed by atoms with E-state index in [0.29, 0.717) is 5.57 Å². The Balaban J connectivity index is 2.47. The summed E-state index contributed by atoms with van der Waals surface area (Å²) in [5.74, 6) is 0.811. The predicted molar refractivity (Wildman–Crippen MR) is 95.9 cm³/mol. The minimum absolute atomic E-state index is 0.0101. The SMILES string of the molecule is C=C1C=CC(N(C)C)=CCSc2cc(N(C)C)ccc2C1=O. The van der Waals surface area contributed by atoms with E-state index in [1.54, 1.807) is 17.8 Å². The van der Waals surface area contributed by atoms with E-state index < -0.39 is 0 Å². The Morgan fingerprint density at radius 3 is 2.45 bits per heavy atom. The van der Waals surface area contributed by atoms with Crippen molar-refractivity contribution in [2.24, 2.45) is 0 Å². The molecule has 1 heterocycles. The molecule has 0 atom stereocenters. The third-order valence-corrected chi connectivity index (χ3v) is 4.50. The summed E-state index contributed by atoms with van der Waals surface area (Å²) in [5, 5.41) is 0. The molecule has 0 aliphatic carbocycles. The second-order valence-electron chi connectivity index (χ2n) is 5.60. The number of carbonyl (C=O) groups is 1. The highest BCUT2D eigenvalue weighted by Crippen LogP contribution is 2.30. The molecule has 1 aromatic rings. The average molecular weight is 314 g/mol. The van der Waals surface area contributed by atoms with Crippen LogP contribution in [0.25, 0.3) is 0 Å². The van der Waals surface area contributed by atoms with Crippen LogP contribution >= 0.6 is 11.8 Å². The van der Waals surface area contributed by atoms with E-state index in [9.17, 15) is 4.79 Å². The first-order valence-electron chi connectivity index (χ1n) is 7.13. The fourth-order valence-electron chi connectivity index (χ4n) is 2.15. The summed E-state index contributed by atoms with van der Waals surface area (Å²) in [7, 11) is 7.99. The van der Waals surface area contributed by atoms with E-state index in [4.69, 9.17) is 0 Å². The van der Waals surface area contributed by atoms with Gasteiger partial charge in [0.05, 0.1) is 0 Å². The Morgan fingerprint density at radius 1 is 1.09 bits per heavy atom. The fourth-order valence-corrected chi connectivity index (χ4v) is 3.10.